The van der Waals surface area contributed by atoms with Crippen molar-refractivity contribution in [1.82, 2.24) is 9.80 Å². The average molecular weight is 292 g/mol. The lowest BCUT2D eigenvalue weighted by atomic mass is 10.1. The number of carbonyl (C=O) groups is 1. The number of nitrogens with zero attached hydrogens (tertiary/aromatic N) is 2. The highest BCUT2D eigenvalue weighted by molar-refractivity contribution is 5.96. The number of para-hydroxylation sites is 1. The van der Waals surface area contributed by atoms with E-state index in [1.165, 1.54) is 0 Å². The van der Waals surface area contributed by atoms with E-state index in [-0.39, 0.29) is 5.78 Å². The first-order valence-corrected chi connectivity index (χ1v) is 7.64. The van der Waals surface area contributed by atoms with E-state index in [9.17, 15) is 4.79 Å². The van der Waals surface area contributed by atoms with Gasteiger partial charge >= 0.3 is 0 Å². The van der Waals surface area contributed by atoms with E-state index in [1.807, 2.05) is 24.3 Å². The second-order valence-electron chi connectivity index (χ2n) is 5.49. The van der Waals surface area contributed by atoms with Gasteiger partial charge in [0.15, 0.2) is 5.78 Å². The Morgan fingerprint density at radius 3 is 2.48 bits per heavy atom. The molecule has 1 aromatic rings. The number of carbonyl (C=O) groups excluding carboxylic acids is 1. The predicted molar refractivity (Wildman–Crippen MR) is 87.2 cm³/mol. The molecular formula is C17H28N2O2. The fraction of sp³-hybridized carbons (Fsp3) is 0.588. The monoisotopic (exact) mass is 292 g/mol. The van der Waals surface area contributed by atoms with E-state index in [4.69, 9.17) is 4.74 Å². The van der Waals surface area contributed by atoms with Gasteiger partial charge in [-0.3, -0.25) is 4.79 Å². The standard InChI is InChI=1S/C17H28N2O2/c1-5-19(12-8-11-18(3)4)13-14-21-17-10-7-6-9-16(17)15(2)20/h6-7,9-10H,5,8,11-14H2,1-4H3. The fourth-order valence-electron chi connectivity index (χ4n) is 2.21. The first kappa shape index (κ1) is 17.7. The van der Waals surface area contributed by atoms with E-state index in [1.54, 1.807) is 6.92 Å². The van der Waals surface area contributed by atoms with Crippen molar-refractivity contribution in [3.8, 4) is 5.75 Å². The molecule has 0 radical (unpaired) electrons. The molecule has 0 aliphatic carbocycles. The molecule has 0 bridgehead atoms. The summed E-state index contributed by atoms with van der Waals surface area (Å²) >= 11 is 0. The first-order chi connectivity index (χ1) is 10.0. The zero-order valence-corrected chi connectivity index (χ0v) is 13.8. The summed E-state index contributed by atoms with van der Waals surface area (Å²) in [5, 5.41) is 0. The van der Waals surface area contributed by atoms with Crippen LogP contribution in [0.25, 0.3) is 0 Å². The highest BCUT2D eigenvalue weighted by Crippen LogP contribution is 2.18. The second-order valence-corrected chi connectivity index (χ2v) is 5.49. The van der Waals surface area contributed by atoms with Gasteiger partial charge in [-0.1, -0.05) is 19.1 Å². The van der Waals surface area contributed by atoms with Crippen LogP contribution in [0, 0.1) is 0 Å². The molecule has 118 valence electrons. The highest BCUT2D eigenvalue weighted by atomic mass is 16.5. The number of hydrogen-bond donors (Lipinski definition) is 0. The topological polar surface area (TPSA) is 32.8 Å². The van der Waals surface area contributed by atoms with Gasteiger partial charge in [0, 0.05) is 6.54 Å². The van der Waals surface area contributed by atoms with Crippen LogP contribution in [0.1, 0.15) is 30.6 Å². The molecule has 0 amide bonds. The van der Waals surface area contributed by atoms with Gasteiger partial charge < -0.3 is 14.5 Å². The Labute approximate surface area is 128 Å². The third-order valence-corrected chi connectivity index (χ3v) is 3.46. The van der Waals surface area contributed by atoms with Gasteiger partial charge in [0.05, 0.1) is 5.56 Å². The molecule has 0 heterocycles. The normalized spacial score (nSPS) is 11.1. The van der Waals surface area contributed by atoms with Gasteiger partial charge in [0.25, 0.3) is 0 Å². The van der Waals surface area contributed by atoms with Crippen LogP contribution < -0.4 is 4.74 Å². The minimum atomic E-state index is 0.0453. The number of benzene rings is 1. The summed E-state index contributed by atoms with van der Waals surface area (Å²) in [6.45, 7) is 8.43. The van der Waals surface area contributed by atoms with E-state index in [0.717, 1.165) is 32.6 Å². The van der Waals surface area contributed by atoms with E-state index in [0.29, 0.717) is 17.9 Å². The molecule has 0 unspecified atom stereocenters. The zero-order chi connectivity index (χ0) is 15.7. The lowest BCUT2D eigenvalue weighted by Crippen LogP contribution is -2.31. The van der Waals surface area contributed by atoms with E-state index in [2.05, 4.69) is 30.8 Å². The Balaban J connectivity index is 2.39. The van der Waals surface area contributed by atoms with Crippen molar-refractivity contribution in [2.45, 2.75) is 20.3 Å². The lowest BCUT2D eigenvalue weighted by Gasteiger charge is -2.21. The third-order valence-electron chi connectivity index (χ3n) is 3.46. The minimum absolute atomic E-state index is 0.0453. The second kappa shape index (κ2) is 9.53. The largest absolute Gasteiger partial charge is 0.491 e. The molecule has 1 aromatic carbocycles. The molecule has 0 fully saturated rings. The maximum atomic E-state index is 11.5. The van der Waals surface area contributed by atoms with E-state index < -0.39 is 0 Å². The lowest BCUT2D eigenvalue weighted by molar-refractivity contribution is 0.101. The predicted octanol–water partition coefficient (Wildman–Crippen LogP) is 2.54. The Bertz CT molecular complexity index is 433. The SMILES string of the molecule is CCN(CCCN(C)C)CCOc1ccccc1C(C)=O. The Morgan fingerprint density at radius 2 is 1.86 bits per heavy atom. The number of likely N-dealkylation sites (N-methyl/N-ethyl adjacent to an activating group) is 1. The molecule has 4 nitrogen and oxygen atoms in total. The van der Waals surface area contributed by atoms with Crippen LogP contribution >= 0.6 is 0 Å². The van der Waals surface area contributed by atoms with Crippen LogP contribution in [-0.4, -0.2) is 62.5 Å². The fourth-order valence-corrected chi connectivity index (χ4v) is 2.21. The quantitative estimate of drug-likeness (QED) is 0.620. The Hall–Kier alpha value is -1.39. The van der Waals surface area contributed by atoms with Crippen molar-refractivity contribution < 1.29 is 9.53 Å². The van der Waals surface area contributed by atoms with Crippen LogP contribution in [0.4, 0.5) is 0 Å². The summed E-state index contributed by atoms with van der Waals surface area (Å²) in [5.41, 5.74) is 0.660. The molecule has 0 atom stereocenters. The van der Waals surface area contributed by atoms with Crippen molar-refractivity contribution in [2.75, 3.05) is 46.9 Å². The number of ketones is 1. The van der Waals surface area contributed by atoms with Crippen LogP contribution in [0.3, 0.4) is 0 Å². The summed E-state index contributed by atoms with van der Waals surface area (Å²) in [7, 11) is 4.19. The molecule has 0 saturated heterocycles. The molecule has 21 heavy (non-hydrogen) atoms. The number of rotatable bonds is 10. The third kappa shape index (κ3) is 6.74. The van der Waals surface area contributed by atoms with Crippen LogP contribution in [0.2, 0.25) is 0 Å². The van der Waals surface area contributed by atoms with E-state index >= 15 is 0 Å². The van der Waals surface area contributed by atoms with Gasteiger partial charge in [0.2, 0.25) is 0 Å². The molecule has 4 heteroatoms. The summed E-state index contributed by atoms with van der Waals surface area (Å²) in [6.07, 6.45) is 1.16. The van der Waals surface area contributed by atoms with Crippen LogP contribution in [0.5, 0.6) is 5.75 Å². The number of ether oxygens (including phenoxy) is 1. The van der Waals surface area contributed by atoms with Gasteiger partial charge in [-0.15, -0.1) is 0 Å². The molecule has 0 aliphatic rings. The number of Topliss-reactive ketones (excluding diaryl/α,β-unsaturated/α-hetero) is 1. The van der Waals surface area contributed by atoms with Crippen molar-refractivity contribution in [3.63, 3.8) is 0 Å². The summed E-state index contributed by atoms with van der Waals surface area (Å²) in [5.74, 6) is 0.735. The van der Waals surface area contributed by atoms with Gasteiger partial charge in [-0.05, 0) is 59.2 Å². The molecule has 0 aromatic heterocycles. The summed E-state index contributed by atoms with van der Waals surface area (Å²) in [4.78, 5) is 16.1. The zero-order valence-electron chi connectivity index (χ0n) is 13.8. The number of hydrogen-bond acceptors (Lipinski definition) is 4. The average Bonchev–Trinajstić information content (AvgIpc) is 2.45. The van der Waals surface area contributed by atoms with Crippen LogP contribution in [-0.2, 0) is 0 Å². The van der Waals surface area contributed by atoms with Gasteiger partial charge in [-0.2, -0.15) is 0 Å². The highest BCUT2D eigenvalue weighted by Gasteiger charge is 2.08. The maximum Gasteiger partial charge on any atom is 0.163 e. The smallest absolute Gasteiger partial charge is 0.163 e. The van der Waals surface area contributed by atoms with Gasteiger partial charge in [0.1, 0.15) is 12.4 Å². The van der Waals surface area contributed by atoms with Gasteiger partial charge in [-0.25, -0.2) is 0 Å². The molecule has 0 spiro atoms. The van der Waals surface area contributed by atoms with Crippen molar-refractivity contribution in [1.29, 1.82) is 0 Å². The molecular weight excluding hydrogens is 264 g/mol. The molecule has 0 aliphatic heterocycles. The molecule has 0 saturated carbocycles. The Morgan fingerprint density at radius 1 is 1.14 bits per heavy atom. The summed E-state index contributed by atoms with van der Waals surface area (Å²) < 4.78 is 5.79. The maximum absolute atomic E-state index is 11.5. The summed E-state index contributed by atoms with van der Waals surface area (Å²) in [6, 6.07) is 7.44. The first-order valence-electron chi connectivity index (χ1n) is 7.64. The van der Waals surface area contributed by atoms with Crippen LogP contribution in [0.15, 0.2) is 24.3 Å². The Kier molecular flexibility index (Phi) is 8.01. The minimum Gasteiger partial charge on any atom is -0.491 e. The molecule has 1 rings (SSSR count). The molecule has 0 N–H and O–H groups in total. The van der Waals surface area contributed by atoms with Crippen molar-refractivity contribution >= 4 is 5.78 Å². The van der Waals surface area contributed by atoms with Crippen molar-refractivity contribution in [3.05, 3.63) is 29.8 Å². The van der Waals surface area contributed by atoms with Crippen molar-refractivity contribution in [2.24, 2.45) is 0 Å².